The molecule has 0 heterocycles. The van der Waals surface area contributed by atoms with Crippen LogP contribution >= 0.6 is 11.8 Å². The number of amides is 1. The van der Waals surface area contributed by atoms with Crippen LogP contribution in [0.5, 0.6) is 0 Å². The first kappa shape index (κ1) is 23.7. The maximum atomic E-state index is 12.4. The summed E-state index contributed by atoms with van der Waals surface area (Å²) in [6.45, 7) is 14.4. The van der Waals surface area contributed by atoms with Crippen molar-refractivity contribution in [3.63, 3.8) is 0 Å². The Kier molecular flexibility index (Phi) is 8.94. The molecule has 0 radical (unpaired) electrons. The minimum absolute atomic E-state index is 0.413. The van der Waals surface area contributed by atoms with E-state index in [9.17, 15) is 19.5 Å². The molecule has 0 spiro atoms. The fourth-order valence-electron chi connectivity index (χ4n) is 1.75. The summed E-state index contributed by atoms with van der Waals surface area (Å²) in [7, 11) is 0. The number of aliphatic hydroxyl groups is 1. The van der Waals surface area contributed by atoms with Crippen LogP contribution in [0.3, 0.4) is 0 Å². The highest BCUT2D eigenvalue weighted by Crippen LogP contribution is 2.24. The highest BCUT2D eigenvalue weighted by atomic mass is 32.2. The fraction of sp³-hybridized carbons (Fsp3) is 0.824. The summed E-state index contributed by atoms with van der Waals surface area (Å²) in [6.07, 6.45) is -1.81. The van der Waals surface area contributed by atoms with Crippen LogP contribution in [0.2, 0.25) is 0 Å². The standard InChI is InChI=1S/C17H31NO6S/c1-9-18(10-2)15(22)25-12(14(21)24-17(6,7)8)11(19)13(20)23-16(3,4)5/h11-12,19H,9-10H2,1-8H3/t11-,12-/m1/s1. The van der Waals surface area contributed by atoms with Crippen molar-refractivity contribution in [2.75, 3.05) is 13.1 Å². The molecule has 146 valence electrons. The lowest BCUT2D eigenvalue weighted by atomic mass is 10.1. The highest BCUT2D eigenvalue weighted by molar-refractivity contribution is 8.14. The molecule has 0 bridgehead atoms. The average molecular weight is 378 g/mol. The first-order valence-electron chi connectivity index (χ1n) is 8.31. The Hall–Kier alpha value is -1.28. The first-order valence-corrected chi connectivity index (χ1v) is 9.19. The fourth-order valence-corrected chi connectivity index (χ4v) is 2.76. The summed E-state index contributed by atoms with van der Waals surface area (Å²) >= 11 is 0.575. The van der Waals surface area contributed by atoms with E-state index in [1.807, 2.05) is 0 Å². The molecule has 1 amide bonds. The van der Waals surface area contributed by atoms with Crippen LogP contribution in [0.4, 0.5) is 4.79 Å². The molecule has 0 rings (SSSR count). The lowest BCUT2D eigenvalue weighted by Gasteiger charge is -2.28. The largest absolute Gasteiger partial charge is 0.459 e. The zero-order chi connectivity index (χ0) is 20.0. The second kappa shape index (κ2) is 9.43. The second-order valence-corrected chi connectivity index (χ2v) is 8.58. The first-order chi connectivity index (χ1) is 11.2. The molecular weight excluding hydrogens is 346 g/mol. The third-order valence-corrected chi connectivity index (χ3v) is 3.99. The molecular formula is C17H31NO6S. The molecule has 1 N–H and O–H groups in total. The van der Waals surface area contributed by atoms with Crippen LogP contribution in [0.15, 0.2) is 0 Å². The van der Waals surface area contributed by atoms with Crippen LogP contribution in [-0.2, 0) is 19.1 Å². The highest BCUT2D eigenvalue weighted by Gasteiger charge is 2.40. The minimum Gasteiger partial charge on any atom is -0.459 e. The molecule has 0 aliphatic carbocycles. The summed E-state index contributed by atoms with van der Waals surface area (Å²) in [4.78, 5) is 38.4. The van der Waals surface area contributed by atoms with E-state index in [0.29, 0.717) is 24.9 Å². The number of carbonyl (C=O) groups excluding carboxylic acids is 3. The lowest BCUT2D eigenvalue weighted by Crippen LogP contribution is -2.45. The van der Waals surface area contributed by atoms with Crippen molar-refractivity contribution in [1.82, 2.24) is 4.90 Å². The summed E-state index contributed by atoms with van der Waals surface area (Å²) in [5.41, 5.74) is -1.65. The smallest absolute Gasteiger partial charge is 0.337 e. The average Bonchev–Trinajstić information content (AvgIpc) is 2.41. The van der Waals surface area contributed by atoms with Crippen LogP contribution in [0.1, 0.15) is 55.4 Å². The molecule has 0 aliphatic rings. The van der Waals surface area contributed by atoms with Gasteiger partial charge in [0, 0.05) is 13.1 Å². The van der Waals surface area contributed by atoms with Crippen LogP contribution < -0.4 is 0 Å². The zero-order valence-corrected chi connectivity index (χ0v) is 17.2. The molecule has 0 fully saturated rings. The zero-order valence-electron chi connectivity index (χ0n) is 16.4. The van der Waals surface area contributed by atoms with E-state index in [1.165, 1.54) is 4.90 Å². The van der Waals surface area contributed by atoms with Crippen molar-refractivity contribution in [3.05, 3.63) is 0 Å². The molecule has 0 aromatic heterocycles. The number of carbonyl (C=O) groups is 3. The quantitative estimate of drug-likeness (QED) is 0.711. The van der Waals surface area contributed by atoms with E-state index in [4.69, 9.17) is 9.47 Å². The van der Waals surface area contributed by atoms with Gasteiger partial charge in [-0.1, -0.05) is 0 Å². The summed E-state index contributed by atoms with van der Waals surface area (Å²) in [5, 5.41) is 8.50. The summed E-state index contributed by atoms with van der Waals surface area (Å²) in [5.74, 6) is -1.81. The Morgan fingerprint density at radius 1 is 0.920 bits per heavy atom. The minimum atomic E-state index is -1.81. The molecule has 0 saturated carbocycles. The second-order valence-electron chi connectivity index (χ2n) is 7.49. The van der Waals surface area contributed by atoms with E-state index in [2.05, 4.69) is 0 Å². The van der Waals surface area contributed by atoms with Gasteiger partial charge < -0.3 is 19.5 Å². The van der Waals surface area contributed by atoms with Crippen molar-refractivity contribution in [2.45, 2.75) is 77.9 Å². The van der Waals surface area contributed by atoms with Gasteiger partial charge in [0.1, 0.15) is 16.5 Å². The normalized spacial score (nSPS) is 14.4. The topological polar surface area (TPSA) is 93.1 Å². The predicted molar refractivity (Wildman–Crippen MR) is 97.4 cm³/mol. The molecule has 0 aromatic rings. The molecule has 25 heavy (non-hydrogen) atoms. The van der Waals surface area contributed by atoms with Crippen molar-refractivity contribution in [3.8, 4) is 0 Å². The SMILES string of the molecule is CCN(CC)C(=O)S[C@@H](C(=O)OC(C)(C)C)[C@@H](O)C(=O)OC(C)(C)C. The van der Waals surface area contributed by atoms with Gasteiger partial charge in [0.15, 0.2) is 6.10 Å². The molecule has 0 saturated heterocycles. The third kappa shape index (κ3) is 9.11. The molecule has 8 heteroatoms. The number of aliphatic hydroxyl groups excluding tert-OH is 1. The maximum absolute atomic E-state index is 12.4. The number of rotatable bonds is 6. The molecule has 7 nitrogen and oxygen atoms in total. The van der Waals surface area contributed by atoms with Gasteiger partial charge in [-0.15, -0.1) is 0 Å². The van der Waals surface area contributed by atoms with Gasteiger partial charge in [0.2, 0.25) is 0 Å². The van der Waals surface area contributed by atoms with E-state index >= 15 is 0 Å². The van der Waals surface area contributed by atoms with Crippen LogP contribution in [-0.4, -0.2) is 62.8 Å². The van der Waals surface area contributed by atoms with E-state index in [1.54, 1.807) is 55.4 Å². The Morgan fingerprint density at radius 3 is 1.68 bits per heavy atom. The van der Waals surface area contributed by atoms with Crippen molar-refractivity contribution >= 4 is 28.9 Å². The van der Waals surface area contributed by atoms with E-state index < -0.39 is 39.7 Å². The maximum Gasteiger partial charge on any atom is 0.337 e. The summed E-state index contributed by atoms with van der Waals surface area (Å²) in [6, 6.07) is 0. The van der Waals surface area contributed by atoms with Crippen molar-refractivity contribution < 1.29 is 29.0 Å². The summed E-state index contributed by atoms with van der Waals surface area (Å²) < 4.78 is 10.4. The molecule has 0 unspecified atom stereocenters. The lowest BCUT2D eigenvalue weighted by molar-refractivity contribution is -0.171. The molecule has 2 atom stereocenters. The number of nitrogens with zero attached hydrogens (tertiary/aromatic N) is 1. The molecule has 0 aliphatic heterocycles. The third-order valence-electron chi connectivity index (χ3n) is 2.82. The van der Waals surface area contributed by atoms with Crippen molar-refractivity contribution in [2.24, 2.45) is 0 Å². The Bertz CT molecular complexity index is 477. The number of hydrogen-bond acceptors (Lipinski definition) is 7. The van der Waals surface area contributed by atoms with Gasteiger partial charge in [0.25, 0.3) is 5.24 Å². The van der Waals surface area contributed by atoms with Gasteiger partial charge in [-0.05, 0) is 67.2 Å². The van der Waals surface area contributed by atoms with Crippen molar-refractivity contribution in [1.29, 1.82) is 0 Å². The number of hydrogen-bond donors (Lipinski definition) is 1. The van der Waals surface area contributed by atoms with Gasteiger partial charge in [-0.2, -0.15) is 0 Å². The van der Waals surface area contributed by atoms with E-state index in [-0.39, 0.29) is 0 Å². The van der Waals surface area contributed by atoms with Gasteiger partial charge in [-0.25, -0.2) is 4.79 Å². The Labute approximate surface area is 154 Å². The number of thioether (sulfide) groups is 1. The van der Waals surface area contributed by atoms with Gasteiger partial charge in [0.05, 0.1) is 0 Å². The van der Waals surface area contributed by atoms with Crippen LogP contribution in [0.25, 0.3) is 0 Å². The van der Waals surface area contributed by atoms with E-state index in [0.717, 1.165) is 0 Å². The molecule has 0 aromatic carbocycles. The van der Waals surface area contributed by atoms with Gasteiger partial charge in [-0.3, -0.25) is 9.59 Å². The predicted octanol–water partition coefficient (Wildman–Crippen LogP) is 2.59. The number of esters is 2. The van der Waals surface area contributed by atoms with Crippen LogP contribution in [0, 0.1) is 0 Å². The van der Waals surface area contributed by atoms with Gasteiger partial charge >= 0.3 is 11.9 Å². The Balaban J connectivity index is 5.41. The monoisotopic (exact) mass is 377 g/mol. The number of ether oxygens (including phenoxy) is 2. The Morgan fingerprint density at radius 2 is 1.32 bits per heavy atom.